The van der Waals surface area contributed by atoms with Crippen molar-refractivity contribution >= 4 is 31.1 Å². The van der Waals surface area contributed by atoms with Crippen molar-refractivity contribution in [3.8, 4) is 6.07 Å². The molecule has 186 valence electrons. The first-order valence-corrected chi connectivity index (χ1v) is 15.6. The second-order valence-electron chi connectivity index (χ2n) is 11.1. The molecule has 3 rings (SSSR count). The van der Waals surface area contributed by atoms with Gasteiger partial charge in [0, 0.05) is 37.7 Å². The number of hydrogen-bond donors (Lipinski definition) is 2. The van der Waals surface area contributed by atoms with Crippen LogP contribution in [0.1, 0.15) is 65.3 Å². The number of rotatable bonds is 9. The summed E-state index contributed by atoms with van der Waals surface area (Å²) in [5, 5.41) is 12.3. The van der Waals surface area contributed by atoms with Gasteiger partial charge in [0.2, 0.25) is 11.7 Å². The van der Waals surface area contributed by atoms with E-state index in [9.17, 15) is 14.9 Å². The highest BCUT2D eigenvalue weighted by molar-refractivity contribution is 6.76. The Morgan fingerprint density at radius 2 is 2.06 bits per heavy atom. The van der Waals surface area contributed by atoms with Crippen LogP contribution in [0.2, 0.25) is 25.7 Å². The molecule has 0 atom stereocenters. The largest absolute Gasteiger partial charge is 0.366 e. The number of ether oxygens (including phenoxy) is 1. The minimum Gasteiger partial charge on any atom is -0.366 e. The molecular formula is C26H35N5O3Si. The SMILES string of the molecule is CC1(C)CC=C(c2cc(C(N)=O)ccc2NC(=O)c2nc(C#N)cn2COCC[Si](C)(C)C)CC1. The number of hydrogen-bond acceptors (Lipinski definition) is 5. The number of allylic oxidation sites excluding steroid dienone is 2. The maximum atomic E-state index is 13.2. The zero-order valence-corrected chi connectivity index (χ0v) is 22.3. The number of carbonyl (C=O) groups excluding carboxylic acids is 2. The zero-order chi connectivity index (χ0) is 25.8. The summed E-state index contributed by atoms with van der Waals surface area (Å²) in [4.78, 5) is 29.3. The van der Waals surface area contributed by atoms with Gasteiger partial charge in [-0.15, -0.1) is 0 Å². The molecule has 0 saturated carbocycles. The van der Waals surface area contributed by atoms with E-state index in [2.05, 4.69) is 49.9 Å². The van der Waals surface area contributed by atoms with Gasteiger partial charge in [0.1, 0.15) is 12.8 Å². The number of benzene rings is 1. The molecule has 0 aliphatic heterocycles. The Labute approximate surface area is 208 Å². The van der Waals surface area contributed by atoms with Gasteiger partial charge >= 0.3 is 0 Å². The molecule has 1 aromatic carbocycles. The molecule has 0 spiro atoms. The van der Waals surface area contributed by atoms with Crippen molar-refractivity contribution in [1.82, 2.24) is 9.55 Å². The van der Waals surface area contributed by atoms with Gasteiger partial charge in [0.05, 0.1) is 0 Å². The number of carbonyl (C=O) groups is 2. The zero-order valence-electron chi connectivity index (χ0n) is 21.3. The Hall–Kier alpha value is -3.22. The predicted octanol–water partition coefficient (Wildman–Crippen LogP) is 5.01. The fourth-order valence-corrected chi connectivity index (χ4v) is 4.62. The lowest BCUT2D eigenvalue weighted by molar-refractivity contribution is 0.0808. The first-order valence-electron chi connectivity index (χ1n) is 11.9. The molecule has 0 bridgehead atoms. The minimum absolute atomic E-state index is 0.0956. The standard InChI is InChI=1S/C26H35N5O3Si/c1-26(2)10-8-18(9-11-26)21-14-19(23(28)32)6-7-22(21)30-25(33)24-29-20(15-27)16-31(24)17-34-12-13-35(3,4)5/h6-8,14,16H,9-13,17H2,1-5H3,(H2,28,32)(H,30,33). The first-order chi connectivity index (χ1) is 16.4. The minimum atomic E-state index is -1.25. The molecule has 35 heavy (non-hydrogen) atoms. The molecule has 0 saturated heterocycles. The van der Waals surface area contributed by atoms with Crippen LogP contribution in [-0.4, -0.2) is 36.0 Å². The van der Waals surface area contributed by atoms with E-state index in [4.69, 9.17) is 10.5 Å². The molecule has 2 aromatic rings. The summed E-state index contributed by atoms with van der Waals surface area (Å²) in [5.41, 5.74) is 8.67. The van der Waals surface area contributed by atoms with Crippen LogP contribution in [0.5, 0.6) is 0 Å². The summed E-state index contributed by atoms with van der Waals surface area (Å²) < 4.78 is 7.34. The van der Waals surface area contributed by atoms with Crippen LogP contribution in [0.15, 0.2) is 30.5 Å². The average Bonchev–Trinajstić information content (AvgIpc) is 3.20. The summed E-state index contributed by atoms with van der Waals surface area (Å²) in [6.45, 7) is 12.0. The number of primary amides is 1. The quantitative estimate of drug-likeness (QED) is 0.375. The predicted molar refractivity (Wildman–Crippen MR) is 140 cm³/mol. The van der Waals surface area contributed by atoms with E-state index in [1.807, 2.05) is 6.07 Å². The number of nitrogens with one attached hydrogen (secondary N) is 1. The van der Waals surface area contributed by atoms with Crippen LogP contribution in [0.4, 0.5) is 5.69 Å². The number of nitriles is 1. The second-order valence-corrected chi connectivity index (χ2v) is 16.7. The molecule has 9 heteroatoms. The van der Waals surface area contributed by atoms with Crippen molar-refractivity contribution < 1.29 is 14.3 Å². The van der Waals surface area contributed by atoms with Gasteiger partial charge in [0.25, 0.3) is 5.91 Å². The van der Waals surface area contributed by atoms with Crippen LogP contribution in [0.25, 0.3) is 5.57 Å². The van der Waals surface area contributed by atoms with Gasteiger partial charge in [-0.05, 0) is 54.5 Å². The van der Waals surface area contributed by atoms with Crippen molar-refractivity contribution in [3.05, 3.63) is 53.1 Å². The maximum Gasteiger partial charge on any atom is 0.291 e. The molecule has 1 aliphatic rings. The first kappa shape index (κ1) is 26.4. The fourth-order valence-electron chi connectivity index (χ4n) is 3.86. The van der Waals surface area contributed by atoms with Crippen LogP contribution >= 0.6 is 0 Å². The molecule has 0 unspecified atom stereocenters. The van der Waals surface area contributed by atoms with E-state index in [-0.39, 0.29) is 23.7 Å². The lowest BCUT2D eigenvalue weighted by atomic mass is 9.76. The van der Waals surface area contributed by atoms with Crippen molar-refractivity contribution in [3.63, 3.8) is 0 Å². The van der Waals surface area contributed by atoms with Crippen LogP contribution in [-0.2, 0) is 11.5 Å². The third kappa shape index (κ3) is 7.13. The summed E-state index contributed by atoms with van der Waals surface area (Å²) in [5.74, 6) is -0.881. The third-order valence-corrected chi connectivity index (χ3v) is 7.90. The molecule has 3 N–H and O–H groups in total. The van der Waals surface area contributed by atoms with Gasteiger partial charge in [0.15, 0.2) is 5.69 Å². The molecule has 1 aromatic heterocycles. The Morgan fingerprint density at radius 1 is 1.31 bits per heavy atom. The highest BCUT2D eigenvalue weighted by Gasteiger charge is 2.25. The van der Waals surface area contributed by atoms with E-state index in [1.165, 1.54) is 6.20 Å². The molecule has 0 radical (unpaired) electrons. The van der Waals surface area contributed by atoms with Gasteiger partial charge in [-0.3, -0.25) is 9.59 Å². The summed E-state index contributed by atoms with van der Waals surface area (Å²) >= 11 is 0. The lowest BCUT2D eigenvalue weighted by Crippen LogP contribution is -2.23. The van der Waals surface area contributed by atoms with Gasteiger partial charge < -0.3 is 20.4 Å². The Morgan fingerprint density at radius 3 is 2.66 bits per heavy atom. The highest BCUT2D eigenvalue weighted by Crippen LogP contribution is 2.40. The summed E-state index contributed by atoms with van der Waals surface area (Å²) in [6.07, 6.45) is 6.42. The third-order valence-electron chi connectivity index (χ3n) is 6.19. The van der Waals surface area contributed by atoms with Crippen LogP contribution in [0.3, 0.4) is 0 Å². The van der Waals surface area contributed by atoms with E-state index in [0.29, 0.717) is 17.9 Å². The van der Waals surface area contributed by atoms with Crippen molar-refractivity contribution in [2.45, 2.75) is 65.5 Å². The Bertz CT molecular complexity index is 1180. The van der Waals surface area contributed by atoms with Crippen LogP contribution in [0, 0.1) is 16.7 Å². The van der Waals surface area contributed by atoms with Gasteiger partial charge in [-0.1, -0.05) is 39.6 Å². The average molecular weight is 494 g/mol. The molecule has 8 nitrogen and oxygen atoms in total. The van der Waals surface area contributed by atoms with E-state index >= 15 is 0 Å². The van der Waals surface area contributed by atoms with Gasteiger partial charge in [-0.25, -0.2) is 4.98 Å². The van der Waals surface area contributed by atoms with Crippen molar-refractivity contribution in [2.24, 2.45) is 11.1 Å². The van der Waals surface area contributed by atoms with E-state index < -0.39 is 19.9 Å². The van der Waals surface area contributed by atoms with E-state index in [0.717, 1.165) is 36.4 Å². The number of nitrogens with zero attached hydrogens (tertiary/aromatic N) is 3. The maximum absolute atomic E-state index is 13.2. The summed E-state index contributed by atoms with van der Waals surface area (Å²) in [6, 6.07) is 8.01. The highest BCUT2D eigenvalue weighted by atomic mass is 28.3. The monoisotopic (exact) mass is 493 g/mol. The number of anilines is 1. The number of amides is 2. The smallest absolute Gasteiger partial charge is 0.291 e. The fraction of sp³-hybridized carbons (Fsp3) is 0.462. The molecular weight excluding hydrogens is 458 g/mol. The number of aromatic nitrogens is 2. The topological polar surface area (TPSA) is 123 Å². The van der Waals surface area contributed by atoms with E-state index in [1.54, 1.807) is 22.8 Å². The van der Waals surface area contributed by atoms with Crippen molar-refractivity contribution in [2.75, 3.05) is 11.9 Å². The second kappa shape index (κ2) is 10.6. The van der Waals surface area contributed by atoms with Gasteiger partial charge in [-0.2, -0.15) is 5.26 Å². The number of nitrogens with two attached hydrogens (primary N) is 1. The molecule has 0 fully saturated rings. The Balaban J connectivity index is 1.86. The molecule has 1 heterocycles. The Kier molecular flexibility index (Phi) is 7.98. The summed E-state index contributed by atoms with van der Waals surface area (Å²) in [7, 11) is -1.25. The lowest BCUT2D eigenvalue weighted by Gasteiger charge is -2.29. The molecule has 1 aliphatic carbocycles. The van der Waals surface area contributed by atoms with Crippen LogP contribution < -0.4 is 11.1 Å². The molecule has 2 amide bonds. The number of imidazole rings is 1. The normalized spacial score (nSPS) is 15.3. The van der Waals surface area contributed by atoms with Crippen molar-refractivity contribution in [1.29, 1.82) is 5.26 Å².